The minimum absolute atomic E-state index is 0.0274. The molecule has 1 atom stereocenters. The average molecular weight is 389 g/mol. The number of ether oxygens (including phenoxy) is 1. The van der Waals surface area contributed by atoms with Crippen LogP contribution in [-0.2, 0) is 11.3 Å². The predicted octanol–water partition coefficient (Wildman–Crippen LogP) is 2.68. The highest BCUT2D eigenvalue weighted by molar-refractivity contribution is 5.95. The number of halogens is 3. The fourth-order valence-corrected chi connectivity index (χ4v) is 3.43. The van der Waals surface area contributed by atoms with E-state index in [0.29, 0.717) is 11.3 Å². The normalized spacial score (nSPS) is 16.1. The number of pyridine rings is 2. The molecule has 1 amide bonds. The summed E-state index contributed by atoms with van der Waals surface area (Å²) in [5.41, 5.74) is 0.334. The highest BCUT2D eigenvalue weighted by Gasteiger charge is 2.31. The maximum atomic E-state index is 13.9. The minimum Gasteiger partial charge on any atom is -0.373 e. The summed E-state index contributed by atoms with van der Waals surface area (Å²) in [6.45, 7) is 0.130. The van der Waals surface area contributed by atoms with Crippen molar-refractivity contribution in [2.24, 2.45) is 0 Å². The number of aromatic amines is 1. The van der Waals surface area contributed by atoms with Gasteiger partial charge >= 0.3 is 0 Å². The summed E-state index contributed by atoms with van der Waals surface area (Å²) >= 11 is 0. The molecule has 0 bridgehead atoms. The van der Waals surface area contributed by atoms with Crippen molar-refractivity contribution in [3.8, 4) is 0 Å². The lowest BCUT2D eigenvalue weighted by Gasteiger charge is -2.33. The van der Waals surface area contributed by atoms with E-state index in [-0.39, 0.29) is 29.5 Å². The number of carbonyl (C=O) groups is 1. The molecule has 3 aromatic rings. The Morgan fingerprint density at radius 1 is 1.21 bits per heavy atom. The van der Waals surface area contributed by atoms with E-state index >= 15 is 0 Å². The summed E-state index contributed by atoms with van der Waals surface area (Å²) in [5.74, 6) is -3.55. The number of aromatic nitrogens is 2. The van der Waals surface area contributed by atoms with E-state index in [4.69, 9.17) is 4.74 Å². The molecule has 144 valence electrons. The Bertz CT molecular complexity index is 1160. The summed E-state index contributed by atoms with van der Waals surface area (Å²) in [4.78, 5) is 32.4. The van der Waals surface area contributed by atoms with Crippen LogP contribution < -0.4 is 5.56 Å². The second-order valence-corrected chi connectivity index (χ2v) is 6.47. The van der Waals surface area contributed by atoms with Crippen LogP contribution in [0, 0.1) is 17.6 Å². The number of hydrogen-bond acceptors (Lipinski definition) is 4. The van der Waals surface area contributed by atoms with Gasteiger partial charge in [0.2, 0.25) is 5.95 Å². The first-order chi connectivity index (χ1) is 13.4. The van der Waals surface area contributed by atoms with Crippen molar-refractivity contribution in [1.29, 1.82) is 0 Å². The van der Waals surface area contributed by atoms with Gasteiger partial charge in [0.05, 0.1) is 24.6 Å². The summed E-state index contributed by atoms with van der Waals surface area (Å²) in [6.07, 6.45) is 1.17. The summed E-state index contributed by atoms with van der Waals surface area (Å²) in [5, 5.41) is 0.173. The number of likely N-dealkylation sites (N-methyl/N-ethyl adjacent to an activating group) is 1. The van der Waals surface area contributed by atoms with Gasteiger partial charge in [-0.2, -0.15) is 4.39 Å². The fraction of sp³-hybridized carbons (Fsp3) is 0.211. The highest BCUT2D eigenvalue weighted by Crippen LogP contribution is 2.34. The predicted molar refractivity (Wildman–Crippen MR) is 93.2 cm³/mol. The Balaban J connectivity index is 1.86. The first-order valence-electron chi connectivity index (χ1n) is 8.37. The third-order valence-electron chi connectivity index (χ3n) is 4.80. The molecule has 3 heterocycles. The van der Waals surface area contributed by atoms with Crippen molar-refractivity contribution in [3.05, 3.63) is 75.2 Å². The summed E-state index contributed by atoms with van der Waals surface area (Å²) in [6, 6.07) is 3.45. The molecule has 1 N–H and O–H groups in total. The lowest BCUT2D eigenvalue weighted by molar-refractivity contribution is 0.0335. The number of hydrogen-bond donors (Lipinski definition) is 1. The first-order valence-corrected chi connectivity index (χ1v) is 8.37. The molecule has 1 aliphatic heterocycles. The standard InChI is InChI=1S/C19H14F3N3O3/c1-25(19(27)9-2-3-23-16(22)4-9)15-8-28-7-14-17(15)10-5-12(20)13(21)6-11(10)18(26)24-14/h2-6,15H,7-8H2,1H3,(H,24,26)/t15-/m1/s1. The third kappa shape index (κ3) is 2.93. The molecule has 0 saturated heterocycles. The number of nitrogens with one attached hydrogen (secondary N) is 1. The van der Waals surface area contributed by atoms with E-state index in [1.165, 1.54) is 24.2 Å². The SMILES string of the molecule is CN(C(=O)c1ccnc(F)c1)[C@@H]1COCc2[nH]c(=O)c3cc(F)c(F)cc3c21. The molecule has 4 rings (SSSR count). The molecular weight excluding hydrogens is 375 g/mol. The van der Waals surface area contributed by atoms with Crippen molar-refractivity contribution in [1.82, 2.24) is 14.9 Å². The van der Waals surface area contributed by atoms with Crippen LogP contribution >= 0.6 is 0 Å². The molecule has 0 aliphatic carbocycles. The molecule has 0 spiro atoms. The topological polar surface area (TPSA) is 75.3 Å². The zero-order valence-electron chi connectivity index (χ0n) is 14.6. The van der Waals surface area contributed by atoms with E-state index in [1.807, 2.05) is 0 Å². The monoisotopic (exact) mass is 389 g/mol. The van der Waals surface area contributed by atoms with Crippen LogP contribution in [-0.4, -0.2) is 34.4 Å². The first kappa shape index (κ1) is 18.2. The van der Waals surface area contributed by atoms with Gasteiger partial charge in [0.1, 0.15) is 0 Å². The van der Waals surface area contributed by atoms with Crippen molar-refractivity contribution in [2.75, 3.05) is 13.7 Å². The number of rotatable bonds is 2. The lowest BCUT2D eigenvalue weighted by Crippen LogP contribution is -2.37. The molecule has 2 aromatic heterocycles. The zero-order valence-corrected chi connectivity index (χ0v) is 14.6. The number of benzene rings is 1. The maximum Gasteiger partial charge on any atom is 0.256 e. The summed E-state index contributed by atoms with van der Waals surface area (Å²) < 4.78 is 46.4. The molecule has 0 fully saturated rings. The number of fused-ring (bicyclic) bond motifs is 3. The number of amides is 1. The van der Waals surface area contributed by atoms with Gasteiger partial charge in [0.25, 0.3) is 11.5 Å². The molecule has 28 heavy (non-hydrogen) atoms. The van der Waals surface area contributed by atoms with Crippen LogP contribution in [0.3, 0.4) is 0 Å². The van der Waals surface area contributed by atoms with Gasteiger partial charge in [-0.3, -0.25) is 9.59 Å². The number of nitrogens with zero attached hydrogens (tertiary/aromatic N) is 2. The van der Waals surface area contributed by atoms with E-state index in [2.05, 4.69) is 9.97 Å². The van der Waals surface area contributed by atoms with Gasteiger partial charge in [-0.15, -0.1) is 0 Å². The minimum atomic E-state index is -1.14. The van der Waals surface area contributed by atoms with Gasteiger partial charge in [0, 0.05) is 36.1 Å². The molecule has 1 aliphatic rings. The average Bonchev–Trinajstić information content (AvgIpc) is 2.68. The van der Waals surface area contributed by atoms with Crippen molar-refractivity contribution < 1.29 is 22.7 Å². The van der Waals surface area contributed by atoms with Crippen LogP contribution in [0.4, 0.5) is 13.2 Å². The van der Waals surface area contributed by atoms with Gasteiger partial charge in [-0.05, 0) is 23.6 Å². The van der Waals surface area contributed by atoms with Gasteiger partial charge in [0.15, 0.2) is 11.6 Å². The van der Waals surface area contributed by atoms with E-state index < -0.39 is 35.1 Å². The Morgan fingerprint density at radius 2 is 1.93 bits per heavy atom. The largest absolute Gasteiger partial charge is 0.373 e. The fourth-order valence-electron chi connectivity index (χ4n) is 3.43. The van der Waals surface area contributed by atoms with Crippen molar-refractivity contribution in [3.63, 3.8) is 0 Å². The number of H-pyrrole nitrogens is 1. The van der Waals surface area contributed by atoms with Crippen LogP contribution in [0.2, 0.25) is 0 Å². The zero-order chi connectivity index (χ0) is 20.0. The van der Waals surface area contributed by atoms with E-state index in [1.54, 1.807) is 0 Å². The Kier molecular flexibility index (Phi) is 4.38. The number of carbonyl (C=O) groups excluding carboxylic acids is 1. The highest BCUT2D eigenvalue weighted by atomic mass is 19.2. The van der Waals surface area contributed by atoms with Crippen molar-refractivity contribution >= 4 is 16.7 Å². The molecule has 0 unspecified atom stereocenters. The van der Waals surface area contributed by atoms with Crippen LogP contribution in [0.15, 0.2) is 35.3 Å². The molecule has 9 heteroatoms. The molecule has 0 radical (unpaired) electrons. The second kappa shape index (κ2) is 6.75. The Morgan fingerprint density at radius 3 is 2.64 bits per heavy atom. The van der Waals surface area contributed by atoms with Crippen molar-refractivity contribution in [2.45, 2.75) is 12.6 Å². The molecule has 6 nitrogen and oxygen atoms in total. The van der Waals surface area contributed by atoms with Gasteiger partial charge in [-0.25, -0.2) is 13.8 Å². The molecular formula is C19H14F3N3O3. The summed E-state index contributed by atoms with van der Waals surface area (Å²) in [7, 11) is 1.49. The van der Waals surface area contributed by atoms with Crippen LogP contribution in [0.1, 0.15) is 27.7 Å². The van der Waals surface area contributed by atoms with E-state index in [0.717, 1.165) is 18.2 Å². The maximum absolute atomic E-state index is 13.9. The van der Waals surface area contributed by atoms with E-state index in [9.17, 15) is 22.8 Å². The Hall–Kier alpha value is -3.20. The van der Waals surface area contributed by atoms with Crippen LogP contribution in [0.5, 0.6) is 0 Å². The smallest absolute Gasteiger partial charge is 0.256 e. The molecule has 1 aromatic carbocycles. The quantitative estimate of drug-likeness (QED) is 0.684. The van der Waals surface area contributed by atoms with Gasteiger partial charge < -0.3 is 14.6 Å². The second-order valence-electron chi connectivity index (χ2n) is 6.47. The molecule has 0 saturated carbocycles. The van der Waals surface area contributed by atoms with Gasteiger partial charge in [-0.1, -0.05) is 0 Å². The third-order valence-corrected chi connectivity index (χ3v) is 4.80. The van der Waals surface area contributed by atoms with Crippen LogP contribution in [0.25, 0.3) is 10.8 Å². The Labute approximate surface area is 156 Å². The lowest BCUT2D eigenvalue weighted by atomic mass is 9.95.